The summed E-state index contributed by atoms with van der Waals surface area (Å²) in [5, 5.41) is 5.67. The van der Waals surface area contributed by atoms with Crippen molar-refractivity contribution in [1.82, 2.24) is 5.32 Å². The Morgan fingerprint density at radius 3 is 2.74 bits per heavy atom. The number of ether oxygens (including phenoxy) is 1. The van der Waals surface area contributed by atoms with E-state index in [2.05, 4.69) is 10.6 Å². The van der Waals surface area contributed by atoms with Gasteiger partial charge in [0.15, 0.2) is 0 Å². The molecule has 0 saturated carbocycles. The summed E-state index contributed by atoms with van der Waals surface area (Å²) in [4.78, 5) is 37.2. The Morgan fingerprint density at radius 1 is 1.22 bits per heavy atom. The molecular formula is C20H20N2O4S. The predicted molar refractivity (Wildman–Crippen MR) is 104 cm³/mol. The highest BCUT2D eigenvalue weighted by atomic mass is 32.2. The first-order chi connectivity index (χ1) is 13.1. The van der Waals surface area contributed by atoms with Gasteiger partial charge in [0.1, 0.15) is 0 Å². The quantitative estimate of drug-likeness (QED) is 0.748. The number of nitrogens with one attached hydrogen (secondary N) is 2. The van der Waals surface area contributed by atoms with Gasteiger partial charge in [0, 0.05) is 10.5 Å². The van der Waals surface area contributed by atoms with Gasteiger partial charge in [0.2, 0.25) is 5.91 Å². The van der Waals surface area contributed by atoms with E-state index in [0.717, 1.165) is 10.5 Å². The van der Waals surface area contributed by atoms with Crippen LogP contribution < -0.4 is 10.6 Å². The average molecular weight is 384 g/mol. The second-order valence-electron chi connectivity index (χ2n) is 5.99. The molecule has 27 heavy (non-hydrogen) atoms. The summed E-state index contributed by atoms with van der Waals surface area (Å²) in [5.74, 6) is -0.412. The molecule has 1 unspecified atom stereocenters. The molecule has 1 aliphatic heterocycles. The van der Waals surface area contributed by atoms with Crippen molar-refractivity contribution in [3.8, 4) is 0 Å². The molecule has 2 aromatic rings. The second-order valence-corrected chi connectivity index (χ2v) is 7.01. The van der Waals surface area contributed by atoms with Crippen LogP contribution >= 0.6 is 11.8 Å². The zero-order chi connectivity index (χ0) is 19.2. The molecule has 140 valence electrons. The Morgan fingerprint density at radius 2 is 2.00 bits per heavy atom. The van der Waals surface area contributed by atoms with Crippen molar-refractivity contribution in [2.24, 2.45) is 0 Å². The van der Waals surface area contributed by atoms with Crippen LogP contribution in [-0.4, -0.2) is 30.1 Å². The number of anilines is 1. The van der Waals surface area contributed by atoms with Crippen molar-refractivity contribution in [3.63, 3.8) is 0 Å². The number of thioether (sulfide) groups is 1. The maximum Gasteiger partial charge on any atom is 0.308 e. The zero-order valence-corrected chi connectivity index (χ0v) is 15.7. The van der Waals surface area contributed by atoms with E-state index in [9.17, 15) is 14.4 Å². The zero-order valence-electron chi connectivity index (χ0n) is 14.9. The fraction of sp³-hybridized carbons (Fsp3) is 0.250. The molecule has 3 rings (SSSR count). The molecule has 0 bridgehead atoms. The molecule has 1 atom stereocenters. The van der Waals surface area contributed by atoms with E-state index >= 15 is 0 Å². The minimum absolute atomic E-state index is 0.0428. The molecule has 2 N–H and O–H groups in total. The van der Waals surface area contributed by atoms with Gasteiger partial charge in [-0.2, -0.15) is 0 Å². The van der Waals surface area contributed by atoms with Crippen LogP contribution in [0, 0.1) is 0 Å². The lowest BCUT2D eigenvalue weighted by Gasteiger charge is -2.20. The number of carbonyl (C=O) groups excluding carboxylic acids is 3. The number of fused-ring (bicyclic) bond motifs is 1. The fourth-order valence-electron chi connectivity index (χ4n) is 2.79. The largest absolute Gasteiger partial charge is 0.466 e. The van der Waals surface area contributed by atoms with Crippen LogP contribution in [0.2, 0.25) is 0 Å². The second kappa shape index (κ2) is 8.73. The Labute approximate surface area is 161 Å². The monoisotopic (exact) mass is 384 g/mol. The lowest BCUT2D eigenvalue weighted by atomic mass is 10.0. The third kappa shape index (κ3) is 4.89. The summed E-state index contributed by atoms with van der Waals surface area (Å²) < 4.78 is 5.03. The van der Waals surface area contributed by atoms with E-state index in [-0.39, 0.29) is 30.8 Å². The van der Waals surface area contributed by atoms with Crippen LogP contribution in [0.5, 0.6) is 0 Å². The first-order valence-electron chi connectivity index (χ1n) is 8.65. The minimum atomic E-state index is -0.502. The predicted octanol–water partition coefficient (Wildman–Crippen LogP) is 3.16. The molecule has 7 heteroatoms. The van der Waals surface area contributed by atoms with Gasteiger partial charge in [-0.15, -0.1) is 11.8 Å². The van der Waals surface area contributed by atoms with Crippen LogP contribution in [0.3, 0.4) is 0 Å². The third-order valence-corrected chi connectivity index (χ3v) is 5.13. The number of hydrogen-bond donors (Lipinski definition) is 2. The van der Waals surface area contributed by atoms with Gasteiger partial charge in [-0.3, -0.25) is 14.4 Å². The molecule has 2 amide bonds. The van der Waals surface area contributed by atoms with Gasteiger partial charge >= 0.3 is 5.97 Å². The van der Waals surface area contributed by atoms with Crippen molar-refractivity contribution >= 4 is 35.2 Å². The van der Waals surface area contributed by atoms with Crippen molar-refractivity contribution in [1.29, 1.82) is 0 Å². The van der Waals surface area contributed by atoms with Gasteiger partial charge in [0.05, 0.1) is 30.5 Å². The molecule has 0 aliphatic carbocycles. The number of rotatable bonds is 6. The molecule has 1 aliphatic rings. The first kappa shape index (κ1) is 19.0. The molecule has 1 heterocycles. The summed E-state index contributed by atoms with van der Waals surface area (Å²) in [6.45, 7) is 2.03. The van der Waals surface area contributed by atoms with E-state index in [1.807, 2.05) is 36.4 Å². The summed E-state index contributed by atoms with van der Waals surface area (Å²) in [6, 6.07) is 14.0. The van der Waals surface area contributed by atoms with E-state index in [1.165, 1.54) is 11.8 Å². The van der Waals surface area contributed by atoms with E-state index in [0.29, 0.717) is 17.0 Å². The standard InChI is InChI=1S/C20H20N2O4S/c1-2-26-19(24)11-15(13-6-4-3-5-7-13)22-20(25)14-8-9-17-16(10-14)21-18(23)12-27-17/h3-10,15H,2,11-12H2,1H3,(H,21,23)(H,22,25). The van der Waals surface area contributed by atoms with E-state index < -0.39 is 6.04 Å². The van der Waals surface area contributed by atoms with Crippen LogP contribution in [0.4, 0.5) is 5.69 Å². The number of esters is 1. The Kier molecular flexibility index (Phi) is 6.13. The highest BCUT2D eigenvalue weighted by Gasteiger charge is 2.22. The van der Waals surface area contributed by atoms with E-state index in [4.69, 9.17) is 4.74 Å². The third-order valence-electron chi connectivity index (χ3n) is 4.06. The summed E-state index contributed by atoms with van der Waals surface area (Å²) in [6.07, 6.45) is 0.0428. The molecule has 6 nitrogen and oxygen atoms in total. The van der Waals surface area contributed by atoms with Gasteiger partial charge in [-0.1, -0.05) is 30.3 Å². The number of carbonyl (C=O) groups is 3. The highest BCUT2D eigenvalue weighted by Crippen LogP contribution is 2.32. The summed E-state index contributed by atoms with van der Waals surface area (Å²) in [7, 11) is 0. The molecule has 0 radical (unpaired) electrons. The van der Waals surface area contributed by atoms with Gasteiger partial charge in [0.25, 0.3) is 5.91 Å². The van der Waals surface area contributed by atoms with Gasteiger partial charge in [-0.05, 0) is 30.7 Å². The Bertz CT molecular complexity index is 854. The molecule has 0 spiro atoms. The van der Waals surface area contributed by atoms with Crippen LogP contribution in [0.15, 0.2) is 53.4 Å². The van der Waals surface area contributed by atoms with Crippen LogP contribution in [0.1, 0.15) is 35.3 Å². The number of hydrogen-bond acceptors (Lipinski definition) is 5. The summed E-state index contributed by atoms with van der Waals surface area (Å²) >= 11 is 1.44. The minimum Gasteiger partial charge on any atom is -0.466 e. The SMILES string of the molecule is CCOC(=O)CC(NC(=O)c1ccc2c(c1)NC(=O)CS2)c1ccccc1. The maximum atomic E-state index is 12.8. The lowest BCUT2D eigenvalue weighted by molar-refractivity contribution is -0.143. The Hall–Kier alpha value is -2.80. The first-order valence-corrected chi connectivity index (χ1v) is 9.63. The van der Waals surface area contributed by atoms with Crippen molar-refractivity contribution in [3.05, 3.63) is 59.7 Å². The normalized spacial score (nSPS) is 13.9. The maximum absolute atomic E-state index is 12.8. The Balaban J connectivity index is 1.79. The van der Waals surface area contributed by atoms with Gasteiger partial charge in [-0.25, -0.2) is 0 Å². The summed E-state index contributed by atoms with van der Waals surface area (Å²) in [5.41, 5.74) is 1.87. The average Bonchev–Trinajstić information content (AvgIpc) is 2.67. The number of benzene rings is 2. The molecule has 0 aromatic heterocycles. The van der Waals surface area contributed by atoms with Crippen molar-refractivity contribution in [2.45, 2.75) is 24.3 Å². The molecular weight excluding hydrogens is 364 g/mol. The van der Waals surface area contributed by atoms with Crippen LogP contribution in [-0.2, 0) is 14.3 Å². The number of amides is 2. The highest BCUT2D eigenvalue weighted by molar-refractivity contribution is 8.00. The van der Waals surface area contributed by atoms with E-state index in [1.54, 1.807) is 19.1 Å². The molecule has 0 saturated heterocycles. The van der Waals surface area contributed by atoms with Crippen molar-refractivity contribution in [2.75, 3.05) is 17.7 Å². The smallest absolute Gasteiger partial charge is 0.308 e. The van der Waals surface area contributed by atoms with Gasteiger partial charge < -0.3 is 15.4 Å². The molecule has 0 fully saturated rings. The van der Waals surface area contributed by atoms with Crippen molar-refractivity contribution < 1.29 is 19.1 Å². The fourth-order valence-corrected chi connectivity index (χ4v) is 3.58. The molecule has 2 aromatic carbocycles. The topological polar surface area (TPSA) is 84.5 Å². The van der Waals surface area contributed by atoms with Crippen LogP contribution in [0.25, 0.3) is 0 Å². The lowest BCUT2D eigenvalue weighted by Crippen LogP contribution is -2.31.